The molecule has 0 aliphatic rings. The first kappa shape index (κ1) is 47.1. The van der Waals surface area contributed by atoms with Crippen LogP contribution in [0.25, 0.3) is 0 Å². The van der Waals surface area contributed by atoms with Crippen LogP contribution in [0.1, 0.15) is 65.1 Å². The number of aliphatic imine (C=N–C) groups is 1. The molecule has 0 saturated heterocycles. The van der Waals surface area contributed by atoms with Gasteiger partial charge in [-0.15, -0.1) is 0 Å². The quantitative estimate of drug-likeness (QED) is 0.0721. The molecule has 7 nitrogen and oxygen atoms in total. The van der Waals surface area contributed by atoms with Gasteiger partial charge >= 0.3 is 0 Å². The first-order chi connectivity index (χ1) is 21.4. The highest BCUT2D eigenvalue weighted by molar-refractivity contribution is 7.80. The number of hydrogen-bond donors (Lipinski definition) is 3. The molecule has 2 unspecified atom stereocenters. The number of methoxy groups -OCH3 is 1. The Labute approximate surface area is 282 Å². The first-order valence-corrected chi connectivity index (χ1v) is 16.6. The Bertz CT molecular complexity index is 988. The lowest BCUT2D eigenvalue weighted by Gasteiger charge is -2.36. The topological polar surface area (TPSA) is 63.6 Å². The van der Waals surface area contributed by atoms with Gasteiger partial charge in [-0.05, 0) is 102 Å². The maximum absolute atomic E-state index is 14.3. The first-order valence-electron chi connectivity index (χ1n) is 15.9. The summed E-state index contributed by atoms with van der Waals surface area (Å²) in [7, 11) is 11.5. The van der Waals surface area contributed by atoms with Crippen molar-refractivity contribution in [2.75, 3.05) is 74.3 Å². The number of aryl methyl sites for hydroxylation is 1. The number of aliphatic hydroxyl groups excluding tert-OH is 1. The summed E-state index contributed by atoms with van der Waals surface area (Å²) in [5.41, 5.74) is 4.28. The van der Waals surface area contributed by atoms with Crippen LogP contribution in [-0.2, 0) is 4.74 Å². The number of ether oxygens (including phenoxy) is 1. The van der Waals surface area contributed by atoms with E-state index in [9.17, 15) is 9.50 Å². The van der Waals surface area contributed by atoms with Gasteiger partial charge in [0.2, 0.25) is 0 Å². The van der Waals surface area contributed by atoms with E-state index in [2.05, 4.69) is 29.7 Å². The summed E-state index contributed by atoms with van der Waals surface area (Å²) < 4.78 is 19.5. The molecule has 2 atom stereocenters. The van der Waals surface area contributed by atoms with Gasteiger partial charge in [0.25, 0.3) is 0 Å². The van der Waals surface area contributed by atoms with Crippen LogP contribution in [0.4, 0.5) is 4.39 Å². The molecular weight excluding hydrogens is 585 g/mol. The second kappa shape index (κ2) is 30.4. The summed E-state index contributed by atoms with van der Waals surface area (Å²) in [5.74, 6) is 0.306. The highest BCUT2D eigenvalue weighted by Crippen LogP contribution is 2.28. The number of rotatable bonds is 17. The molecule has 1 aromatic rings. The average Bonchev–Trinajstić information content (AvgIpc) is 3.00. The van der Waals surface area contributed by atoms with Crippen LogP contribution in [0.15, 0.2) is 70.5 Å². The molecule has 0 heterocycles. The van der Waals surface area contributed by atoms with E-state index in [0.29, 0.717) is 38.4 Å². The van der Waals surface area contributed by atoms with Gasteiger partial charge in [-0.1, -0.05) is 65.0 Å². The molecular formula is C36H66FN5O2S. The number of halogens is 1. The number of aliphatic hydroxyl groups is 1. The lowest BCUT2D eigenvalue weighted by Crippen LogP contribution is -2.43. The summed E-state index contributed by atoms with van der Waals surface area (Å²) in [4.78, 5) is 9.92. The van der Waals surface area contributed by atoms with E-state index in [1.807, 2.05) is 135 Å². The maximum Gasteiger partial charge on any atom is 0.130 e. The minimum Gasteiger partial charge on any atom is -0.381 e. The maximum atomic E-state index is 14.3. The predicted molar refractivity (Wildman–Crippen MR) is 200 cm³/mol. The van der Waals surface area contributed by atoms with Crippen LogP contribution in [-0.4, -0.2) is 107 Å². The van der Waals surface area contributed by atoms with Crippen molar-refractivity contribution in [2.45, 2.75) is 67.2 Å². The molecule has 0 aromatic heterocycles. The summed E-state index contributed by atoms with van der Waals surface area (Å²) in [6, 6.07) is 4.82. The molecule has 45 heavy (non-hydrogen) atoms. The minimum atomic E-state index is -0.870. The average molecular weight is 652 g/mol. The lowest BCUT2D eigenvalue weighted by molar-refractivity contribution is 0.00243. The third-order valence-electron chi connectivity index (χ3n) is 5.86. The van der Waals surface area contributed by atoms with Crippen molar-refractivity contribution >= 4 is 19.3 Å². The summed E-state index contributed by atoms with van der Waals surface area (Å²) >= 11 is 4.45. The largest absolute Gasteiger partial charge is 0.381 e. The third-order valence-corrected chi connectivity index (χ3v) is 6.08. The fraction of sp³-hybridized carbons (Fsp3) is 0.583. The zero-order valence-corrected chi connectivity index (χ0v) is 31.6. The van der Waals surface area contributed by atoms with E-state index in [-0.39, 0.29) is 11.9 Å². The van der Waals surface area contributed by atoms with E-state index in [4.69, 9.17) is 4.74 Å². The Morgan fingerprint density at radius 1 is 1.16 bits per heavy atom. The van der Waals surface area contributed by atoms with Crippen LogP contribution in [0.5, 0.6) is 0 Å². The zero-order chi connectivity index (χ0) is 35.4. The molecule has 0 amide bonds. The van der Waals surface area contributed by atoms with Gasteiger partial charge in [0.1, 0.15) is 12.0 Å². The minimum absolute atomic E-state index is 0.216. The number of thiol groups is 1. The number of likely N-dealkylation sites (N-methyl/N-ethyl adjacent to an activating group) is 3. The Morgan fingerprint density at radius 3 is 2.22 bits per heavy atom. The monoisotopic (exact) mass is 651 g/mol. The van der Waals surface area contributed by atoms with Crippen LogP contribution < -0.4 is 5.32 Å². The Kier molecular flexibility index (Phi) is 31.8. The van der Waals surface area contributed by atoms with Crippen LogP contribution >= 0.6 is 12.6 Å². The molecule has 0 spiro atoms. The second-order valence-corrected chi connectivity index (χ2v) is 10.8. The molecule has 2 N–H and O–H groups in total. The number of allylic oxidation sites excluding steroid dienone is 4. The SMILES string of the molecule is C=N/C(C)=C\N(C)C\C=C/C(=C\COC)/C=C(\CCS)C(O)N(CC)C(CNC)c1cc(C)cc(F)c1.CC.CC.CN(C)C. The van der Waals surface area contributed by atoms with E-state index in [1.54, 1.807) is 13.2 Å². The molecule has 260 valence electrons. The second-order valence-electron chi connectivity index (χ2n) is 10.3. The van der Waals surface area contributed by atoms with Crippen molar-refractivity contribution < 1.29 is 14.2 Å². The van der Waals surface area contributed by atoms with Gasteiger partial charge in [0.05, 0.1) is 18.3 Å². The van der Waals surface area contributed by atoms with Gasteiger partial charge in [0, 0.05) is 33.4 Å². The lowest BCUT2D eigenvalue weighted by atomic mass is 9.99. The van der Waals surface area contributed by atoms with Crippen molar-refractivity contribution in [1.82, 2.24) is 20.0 Å². The van der Waals surface area contributed by atoms with Crippen LogP contribution in [0.3, 0.4) is 0 Å². The zero-order valence-electron chi connectivity index (χ0n) is 30.7. The highest BCUT2D eigenvalue weighted by atomic mass is 32.1. The fourth-order valence-corrected chi connectivity index (χ4v) is 4.35. The van der Waals surface area contributed by atoms with E-state index >= 15 is 0 Å². The van der Waals surface area contributed by atoms with Crippen LogP contribution in [0.2, 0.25) is 0 Å². The van der Waals surface area contributed by atoms with Crippen molar-refractivity contribution in [3.8, 4) is 0 Å². The number of benzene rings is 1. The third kappa shape index (κ3) is 22.8. The molecule has 1 rings (SSSR count). The van der Waals surface area contributed by atoms with Gasteiger partial charge in [-0.3, -0.25) is 9.89 Å². The molecule has 0 radical (unpaired) electrons. The molecule has 0 aliphatic heterocycles. The molecule has 0 fully saturated rings. The number of hydrogen-bond acceptors (Lipinski definition) is 8. The van der Waals surface area contributed by atoms with E-state index in [0.717, 1.165) is 28.0 Å². The number of nitrogens with zero attached hydrogens (tertiary/aromatic N) is 4. The smallest absolute Gasteiger partial charge is 0.130 e. The number of nitrogens with one attached hydrogen (secondary N) is 1. The van der Waals surface area contributed by atoms with Gasteiger partial charge in [0.15, 0.2) is 0 Å². The van der Waals surface area contributed by atoms with Gasteiger partial charge in [-0.25, -0.2) is 4.39 Å². The van der Waals surface area contributed by atoms with Gasteiger partial charge < -0.3 is 25.0 Å². The van der Waals surface area contributed by atoms with Crippen molar-refractivity contribution in [2.24, 2.45) is 4.99 Å². The summed E-state index contributed by atoms with van der Waals surface area (Å²) in [6.45, 7) is 19.6. The van der Waals surface area contributed by atoms with Crippen LogP contribution in [0, 0.1) is 12.7 Å². The van der Waals surface area contributed by atoms with Gasteiger partial charge in [-0.2, -0.15) is 12.6 Å². The van der Waals surface area contributed by atoms with Crippen molar-refractivity contribution in [3.05, 3.63) is 82.5 Å². The Morgan fingerprint density at radius 2 is 1.76 bits per heavy atom. The Balaban J connectivity index is -0.00000199. The summed E-state index contributed by atoms with van der Waals surface area (Å²) in [6.07, 6.45) is 9.70. The summed E-state index contributed by atoms with van der Waals surface area (Å²) in [5, 5.41) is 14.8. The van der Waals surface area contributed by atoms with E-state index in [1.165, 1.54) is 6.07 Å². The fourth-order valence-electron chi connectivity index (χ4n) is 4.09. The highest BCUT2D eigenvalue weighted by Gasteiger charge is 2.27. The van der Waals surface area contributed by atoms with Crippen molar-refractivity contribution in [1.29, 1.82) is 0 Å². The molecule has 1 aromatic carbocycles. The van der Waals surface area contributed by atoms with Crippen molar-refractivity contribution in [3.63, 3.8) is 0 Å². The molecule has 0 bridgehead atoms. The standard InChI is InChI=1S/C29H45FN4O2S.C3H9N.2C2H6/c1-8-34(28(20-31-4)26-16-22(2)17-27(30)19-26)29(35)25(12-15-37)18-24(11-14-36-7)10-9-13-33(6)21-23(3)32-5;1-4(2)3;2*1-2/h9-11,16-19,21,28-29,31,35,37H,5,8,12-15,20H2,1-4,6-7H3;1-3H3;2*1-2H3/b10-9-,23-21-,24-11+,25-18+;;;. The van der Waals surface area contributed by atoms with E-state index < -0.39 is 6.23 Å². The Hall–Kier alpha value is -2.27. The normalized spacial score (nSPS) is 13.3. The molecule has 0 saturated carbocycles. The predicted octanol–water partition coefficient (Wildman–Crippen LogP) is 7.13. The molecule has 9 heteroatoms. The molecule has 0 aliphatic carbocycles.